The standard InChI is InChI=1S/C15H24N2O2/c1-12(2)7-16-8-14-5-6-15(9-17-14)19-11-18-10-13-3-4-13/h5-6,9,12-13,16H,3-4,7-8,10-11H2,1-2H3. The molecule has 1 aromatic heterocycles. The number of hydrogen-bond donors (Lipinski definition) is 1. The van der Waals surface area contributed by atoms with E-state index < -0.39 is 0 Å². The van der Waals surface area contributed by atoms with Crippen molar-refractivity contribution in [1.29, 1.82) is 0 Å². The van der Waals surface area contributed by atoms with E-state index >= 15 is 0 Å². The van der Waals surface area contributed by atoms with Gasteiger partial charge in [-0.25, -0.2) is 0 Å². The van der Waals surface area contributed by atoms with Gasteiger partial charge in [-0.05, 0) is 43.4 Å². The fraction of sp³-hybridized carbons (Fsp3) is 0.667. The molecule has 1 aromatic rings. The molecule has 19 heavy (non-hydrogen) atoms. The van der Waals surface area contributed by atoms with Crippen molar-refractivity contribution in [2.45, 2.75) is 33.2 Å². The van der Waals surface area contributed by atoms with Crippen LogP contribution in [0.2, 0.25) is 0 Å². The summed E-state index contributed by atoms with van der Waals surface area (Å²) in [6.45, 7) is 7.34. The fourth-order valence-electron chi connectivity index (χ4n) is 1.70. The summed E-state index contributed by atoms with van der Waals surface area (Å²) in [5.74, 6) is 2.20. The summed E-state index contributed by atoms with van der Waals surface area (Å²) in [6.07, 6.45) is 4.37. The lowest BCUT2D eigenvalue weighted by Gasteiger charge is -2.08. The summed E-state index contributed by atoms with van der Waals surface area (Å²) < 4.78 is 10.9. The Morgan fingerprint density at radius 2 is 2.21 bits per heavy atom. The predicted octanol–water partition coefficient (Wildman–Crippen LogP) is 2.59. The van der Waals surface area contributed by atoms with Gasteiger partial charge in [0, 0.05) is 6.54 Å². The fourth-order valence-corrected chi connectivity index (χ4v) is 1.70. The zero-order valence-corrected chi connectivity index (χ0v) is 11.9. The molecule has 1 fully saturated rings. The molecule has 4 heteroatoms. The molecule has 1 saturated carbocycles. The van der Waals surface area contributed by atoms with Crippen molar-refractivity contribution in [3.63, 3.8) is 0 Å². The molecule has 0 unspecified atom stereocenters. The lowest BCUT2D eigenvalue weighted by Crippen LogP contribution is -2.19. The summed E-state index contributed by atoms with van der Waals surface area (Å²) >= 11 is 0. The minimum absolute atomic E-state index is 0.323. The van der Waals surface area contributed by atoms with Gasteiger partial charge in [-0.3, -0.25) is 4.98 Å². The van der Waals surface area contributed by atoms with Crippen LogP contribution in [0.4, 0.5) is 0 Å². The highest BCUT2D eigenvalue weighted by Crippen LogP contribution is 2.28. The van der Waals surface area contributed by atoms with Gasteiger partial charge in [0.1, 0.15) is 5.75 Å². The third kappa shape index (κ3) is 6.03. The average molecular weight is 264 g/mol. The van der Waals surface area contributed by atoms with Crippen molar-refractivity contribution in [1.82, 2.24) is 10.3 Å². The van der Waals surface area contributed by atoms with Gasteiger partial charge >= 0.3 is 0 Å². The van der Waals surface area contributed by atoms with E-state index in [-0.39, 0.29) is 0 Å². The Labute approximate surface area is 115 Å². The SMILES string of the molecule is CC(C)CNCc1ccc(OCOCC2CC2)cn1. The molecule has 0 spiro atoms. The molecule has 2 rings (SSSR count). The number of aromatic nitrogens is 1. The van der Waals surface area contributed by atoms with E-state index in [1.54, 1.807) is 6.20 Å². The summed E-state index contributed by atoms with van der Waals surface area (Å²) in [6, 6.07) is 3.93. The summed E-state index contributed by atoms with van der Waals surface area (Å²) in [5.41, 5.74) is 1.03. The van der Waals surface area contributed by atoms with Crippen molar-refractivity contribution in [2.24, 2.45) is 11.8 Å². The van der Waals surface area contributed by atoms with Gasteiger partial charge in [-0.1, -0.05) is 13.8 Å². The highest BCUT2D eigenvalue weighted by atomic mass is 16.7. The molecular formula is C15H24N2O2. The van der Waals surface area contributed by atoms with Gasteiger partial charge in [-0.2, -0.15) is 0 Å². The molecule has 4 nitrogen and oxygen atoms in total. The van der Waals surface area contributed by atoms with Crippen LogP contribution in [0.5, 0.6) is 5.75 Å². The summed E-state index contributed by atoms with van der Waals surface area (Å²) in [4.78, 5) is 4.36. The van der Waals surface area contributed by atoms with Crippen LogP contribution in [0.1, 0.15) is 32.4 Å². The van der Waals surface area contributed by atoms with E-state index in [0.29, 0.717) is 12.7 Å². The first-order valence-electron chi connectivity index (χ1n) is 7.10. The molecule has 106 valence electrons. The Hall–Kier alpha value is -1.13. The van der Waals surface area contributed by atoms with E-state index in [9.17, 15) is 0 Å². The molecule has 1 aliphatic rings. The molecule has 0 atom stereocenters. The van der Waals surface area contributed by atoms with Crippen molar-refractivity contribution < 1.29 is 9.47 Å². The van der Waals surface area contributed by atoms with Crippen molar-refractivity contribution in [3.05, 3.63) is 24.0 Å². The molecule has 1 heterocycles. The quantitative estimate of drug-likeness (QED) is 0.550. The molecule has 0 radical (unpaired) electrons. The van der Waals surface area contributed by atoms with Gasteiger partial charge in [0.05, 0.1) is 18.5 Å². The van der Waals surface area contributed by atoms with Crippen LogP contribution in [-0.2, 0) is 11.3 Å². The number of nitrogens with zero attached hydrogens (tertiary/aromatic N) is 1. The first-order chi connectivity index (χ1) is 9.24. The van der Waals surface area contributed by atoms with Gasteiger partial charge < -0.3 is 14.8 Å². The second-order valence-electron chi connectivity index (χ2n) is 5.59. The zero-order valence-electron chi connectivity index (χ0n) is 11.9. The predicted molar refractivity (Wildman–Crippen MR) is 75.0 cm³/mol. The minimum atomic E-state index is 0.323. The van der Waals surface area contributed by atoms with Crippen molar-refractivity contribution >= 4 is 0 Å². The molecular weight excluding hydrogens is 240 g/mol. The molecule has 1 N–H and O–H groups in total. The Morgan fingerprint density at radius 3 is 2.84 bits per heavy atom. The number of nitrogens with one attached hydrogen (secondary N) is 1. The second-order valence-corrected chi connectivity index (χ2v) is 5.59. The van der Waals surface area contributed by atoms with E-state index in [4.69, 9.17) is 9.47 Å². The largest absolute Gasteiger partial charge is 0.466 e. The molecule has 1 aliphatic carbocycles. The van der Waals surface area contributed by atoms with Gasteiger partial charge in [0.25, 0.3) is 0 Å². The first-order valence-corrected chi connectivity index (χ1v) is 7.10. The van der Waals surface area contributed by atoms with E-state index in [1.165, 1.54) is 12.8 Å². The molecule has 0 aromatic carbocycles. The highest BCUT2D eigenvalue weighted by molar-refractivity contribution is 5.19. The minimum Gasteiger partial charge on any atom is -0.466 e. The molecule has 0 aliphatic heterocycles. The Morgan fingerprint density at radius 1 is 1.37 bits per heavy atom. The maximum Gasteiger partial charge on any atom is 0.189 e. The van der Waals surface area contributed by atoms with Crippen LogP contribution in [0.25, 0.3) is 0 Å². The lowest BCUT2D eigenvalue weighted by atomic mass is 10.2. The van der Waals surface area contributed by atoms with Gasteiger partial charge in [0.2, 0.25) is 0 Å². The number of ether oxygens (including phenoxy) is 2. The number of rotatable bonds is 9. The van der Waals surface area contributed by atoms with Crippen molar-refractivity contribution in [2.75, 3.05) is 19.9 Å². The van der Waals surface area contributed by atoms with Crippen LogP contribution in [0.3, 0.4) is 0 Å². The van der Waals surface area contributed by atoms with Crippen LogP contribution in [0.15, 0.2) is 18.3 Å². The maximum atomic E-state index is 5.48. The Kier molecular flexibility index (Phi) is 5.61. The van der Waals surface area contributed by atoms with Crippen LogP contribution < -0.4 is 10.1 Å². The highest BCUT2D eigenvalue weighted by Gasteiger charge is 2.21. The van der Waals surface area contributed by atoms with Crippen LogP contribution >= 0.6 is 0 Å². The molecule has 0 bridgehead atoms. The third-order valence-corrected chi connectivity index (χ3v) is 3.02. The zero-order chi connectivity index (χ0) is 13.5. The number of hydrogen-bond acceptors (Lipinski definition) is 4. The molecule has 0 amide bonds. The third-order valence-electron chi connectivity index (χ3n) is 3.02. The van der Waals surface area contributed by atoms with E-state index in [1.807, 2.05) is 12.1 Å². The Balaban J connectivity index is 1.62. The second kappa shape index (κ2) is 7.46. The molecule has 0 saturated heterocycles. The van der Waals surface area contributed by atoms with Crippen molar-refractivity contribution in [3.8, 4) is 5.75 Å². The monoisotopic (exact) mass is 264 g/mol. The topological polar surface area (TPSA) is 43.4 Å². The Bertz CT molecular complexity index is 361. The van der Waals surface area contributed by atoms with Gasteiger partial charge in [0.15, 0.2) is 6.79 Å². The first kappa shape index (κ1) is 14.3. The van der Waals surface area contributed by atoms with E-state index in [0.717, 1.165) is 37.1 Å². The maximum absolute atomic E-state index is 5.48. The summed E-state index contributed by atoms with van der Waals surface area (Å²) in [5, 5.41) is 3.36. The van der Waals surface area contributed by atoms with E-state index in [2.05, 4.69) is 24.1 Å². The lowest BCUT2D eigenvalue weighted by molar-refractivity contribution is 0.00977. The average Bonchev–Trinajstić information content (AvgIpc) is 3.20. The van der Waals surface area contributed by atoms with Crippen LogP contribution in [0, 0.1) is 11.8 Å². The normalized spacial score (nSPS) is 14.9. The van der Waals surface area contributed by atoms with Crippen LogP contribution in [-0.4, -0.2) is 24.9 Å². The van der Waals surface area contributed by atoms with Gasteiger partial charge in [-0.15, -0.1) is 0 Å². The number of pyridine rings is 1. The smallest absolute Gasteiger partial charge is 0.189 e. The summed E-state index contributed by atoms with van der Waals surface area (Å²) in [7, 11) is 0.